The molecular formula is C27H43ClN4O4. The van der Waals surface area contributed by atoms with Gasteiger partial charge in [-0.2, -0.15) is 0 Å². The van der Waals surface area contributed by atoms with Crippen LogP contribution in [0.5, 0.6) is 0 Å². The SMILES string of the molecule is CCCCCCCCN(C(=O)C(N)=O)c1cc(Cl)c(N(CCCCCCCC)C(=O)C(N)=O)cc1C. The summed E-state index contributed by atoms with van der Waals surface area (Å²) in [6.07, 6.45) is 12.2. The molecule has 4 amide bonds. The predicted octanol–water partition coefficient (Wildman–Crippen LogP) is 5.01. The lowest BCUT2D eigenvalue weighted by Gasteiger charge is -2.27. The van der Waals surface area contributed by atoms with Gasteiger partial charge in [0.25, 0.3) is 0 Å². The molecule has 4 N–H and O–H groups in total. The van der Waals surface area contributed by atoms with E-state index in [1.807, 2.05) is 0 Å². The molecule has 0 unspecified atom stereocenters. The lowest BCUT2D eigenvalue weighted by atomic mass is 10.1. The van der Waals surface area contributed by atoms with Crippen molar-refractivity contribution in [3.8, 4) is 0 Å². The van der Waals surface area contributed by atoms with Gasteiger partial charge in [-0.3, -0.25) is 19.2 Å². The molecule has 0 saturated heterocycles. The number of halogens is 1. The Labute approximate surface area is 220 Å². The smallest absolute Gasteiger partial charge is 0.316 e. The quantitative estimate of drug-likeness (QED) is 0.234. The minimum absolute atomic E-state index is 0.182. The number of amides is 4. The summed E-state index contributed by atoms with van der Waals surface area (Å²) in [5, 5.41) is 0.182. The summed E-state index contributed by atoms with van der Waals surface area (Å²) in [5.74, 6) is -3.76. The third-order valence-corrected chi connectivity index (χ3v) is 6.53. The molecule has 0 heterocycles. The number of hydrogen-bond acceptors (Lipinski definition) is 4. The second kappa shape index (κ2) is 17.0. The van der Waals surface area contributed by atoms with Crippen LogP contribution in [0.2, 0.25) is 5.02 Å². The molecule has 1 rings (SSSR count). The molecular weight excluding hydrogens is 480 g/mol. The first-order valence-corrected chi connectivity index (χ1v) is 13.6. The topological polar surface area (TPSA) is 127 Å². The van der Waals surface area contributed by atoms with Crippen LogP contribution in [0.1, 0.15) is 96.5 Å². The number of unbranched alkanes of at least 4 members (excludes halogenated alkanes) is 10. The highest BCUT2D eigenvalue weighted by molar-refractivity contribution is 6.42. The summed E-state index contributed by atoms with van der Waals surface area (Å²) in [7, 11) is 0. The van der Waals surface area contributed by atoms with Crippen LogP contribution >= 0.6 is 11.6 Å². The number of primary amides is 2. The number of aryl methyl sites for hydroxylation is 1. The van der Waals surface area contributed by atoms with Gasteiger partial charge in [-0.25, -0.2) is 0 Å². The minimum Gasteiger partial charge on any atom is -0.361 e. The van der Waals surface area contributed by atoms with Gasteiger partial charge in [0.05, 0.1) is 10.7 Å². The Morgan fingerprint density at radius 2 is 1.06 bits per heavy atom. The number of carbonyl (C=O) groups excluding carboxylic acids is 4. The van der Waals surface area contributed by atoms with Crippen molar-refractivity contribution < 1.29 is 19.2 Å². The number of nitrogens with zero attached hydrogens (tertiary/aromatic N) is 2. The number of benzene rings is 1. The van der Waals surface area contributed by atoms with Crippen LogP contribution in [0, 0.1) is 6.92 Å². The predicted molar refractivity (Wildman–Crippen MR) is 146 cm³/mol. The second-order valence-electron chi connectivity index (χ2n) is 9.27. The molecule has 36 heavy (non-hydrogen) atoms. The van der Waals surface area contributed by atoms with E-state index >= 15 is 0 Å². The molecule has 8 nitrogen and oxygen atoms in total. The first kappa shape index (κ1) is 31.4. The van der Waals surface area contributed by atoms with Crippen LogP contribution in [0.15, 0.2) is 12.1 Å². The first-order chi connectivity index (χ1) is 17.1. The lowest BCUT2D eigenvalue weighted by Crippen LogP contribution is -2.42. The molecule has 0 saturated carbocycles. The fourth-order valence-corrected chi connectivity index (χ4v) is 4.44. The number of hydrogen-bond donors (Lipinski definition) is 2. The molecule has 1 aromatic rings. The molecule has 0 aliphatic rings. The van der Waals surface area contributed by atoms with Gasteiger partial charge in [-0.15, -0.1) is 0 Å². The number of rotatable bonds is 16. The Morgan fingerprint density at radius 1 is 0.667 bits per heavy atom. The van der Waals surface area contributed by atoms with Crippen LogP contribution in [-0.2, 0) is 19.2 Å². The molecule has 0 aliphatic carbocycles. The summed E-state index contributed by atoms with van der Waals surface area (Å²) >= 11 is 6.57. The van der Waals surface area contributed by atoms with E-state index < -0.39 is 23.6 Å². The third kappa shape index (κ3) is 10.2. The molecule has 9 heteroatoms. The standard InChI is InChI=1S/C27H43ClN4O4/c1-4-6-8-10-12-14-16-31(26(35)24(29)33)22-19-21(28)23(18-20(22)3)32(27(36)25(30)34)17-15-13-11-9-7-5-2/h18-19H,4-17H2,1-3H3,(H2,29,33)(H2,30,34). The van der Waals surface area contributed by atoms with Crippen molar-refractivity contribution in [2.45, 2.75) is 97.8 Å². The zero-order valence-electron chi connectivity index (χ0n) is 22.1. The maximum Gasteiger partial charge on any atom is 0.316 e. The molecule has 202 valence electrons. The maximum absolute atomic E-state index is 12.6. The van der Waals surface area contributed by atoms with Crippen LogP contribution < -0.4 is 21.3 Å². The summed E-state index contributed by atoms with van der Waals surface area (Å²) < 4.78 is 0. The molecule has 0 aliphatic heterocycles. The third-order valence-electron chi connectivity index (χ3n) is 6.23. The van der Waals surface area contributed by atoms with Crippen molar-refractivity contribution in [3.05, 3.63) is 22.7 Å². The zero-order chi connectivity index (χ0) is 27.1. The van der Waals surface area contributed by atoms with E-state index in [4.69, 9.17) is 23.1 Å². The average Bonchev–Trinajstić information content (AvgIpc) is 2.84. The first-order valence-electron chi connectivity index (χ1n) is 13.2. The number of anilines is 2. The van der Waals surface area contributed by atoms with Crippen LogP contribution in [-0.4, -0.2) is 36.7 Å². The largest absolute Gasteiger partial charge is 0.361 e. The van der Waals surface area contributed by atoms with Crippen LogP contribution in [0.25, 0.3) is 0 Å². The summed E-state index contributed by atoms with van der Waals surface area (Å²) in [6, 6.07) is 3.20. The normalized spacial score (nSPS) is 10.8. The summed E-state index contributed by atoms with van der Waals surface area (Å²) in [6.45, 7) is 6.68. The maximum atomic E-state index is 12.6. The van der Waals surface area contributed by atoms with Gasteiger partial charge in [-0.05, 0) is 37.5 Å². The Balaban J connectivity index is 3.13. The monoisotopic (exact) mass is 522 g/mol. The van der Waals surface area contributed by atoms with Gasteiger partial charge in [-0.1, -0.05) is 89.7 Å². The van der Waals surface area contributed by atoms with Crippen LogP contribution in [0.4, 0.5) is 11.4 Å². The average molecular weight is 523 g/mol. The van der Waals surface area contributed by atoms with E-state index in [0.29, 0.717) is 42.9 Å². The number of nitrogens with two attached hydrogens (primary N) is 2. The van der Waals surface area contributed by atoms with E-state index in [1.54, 1.807) is 19.1 Å². The van der Waals surface area contributed by atoms with Gasteiger partial charge < -0.3 is 21.3 Å². The molecule has 0 atom stereocenters. The van der Waals surface area contributed by atoms with E-state index in [2.05, 4.69) is 13.8 Å². The molecule has 0 radical (unpaired) electrons. The molecule has 0 fully saturated rings. The van der Waals surface area contributed by atoms with Crippen molar-refractivity contribution in [3.63, 3.8) is 0 Å². The molecule has 0 spiro atoms. The van der Waals surface area contributed by atoms with Gasteiger partial charge in [0.1, 0.15) is 0 Å². The highest BCUT2D eigenvalue weighted by Crippen LogP contribution is 2.34. The lowest BCUT2D eigenvalue weighted by molar-refractivity contribution is -0.135. The van der Waals surface area contributed by atoms with Crippen molar-refractivity contribution in [1.82, 2.24) is 0 Å². The van der Waals surface area contributed by atoms with Gasteiger partial charge in [0.15, 0.2) is 0 Å². The highest BCUT2D eigenvalue weighted by atomic mass is 35.5. The van der Waals surface area contributed by atoms with E-state index in [0.717, 1.165) is 57.8 Å². The van der Waals surface area contributed by atoms with Gasteiger partial charge >= 0.3 is 23.6 Å². The van der Waals surface area contributed by atoms with Crippen molar-refractivity contribution in [1.29, 1.82) is 0 Å². The Hall–Kier alpha value is -2.61. The van der Waals surface area contributed by atoms with Crippen molar-refractivity contribution in [2.24, 2.45) is 11.5 Å². The molecule has 0 bridgehead atoms. The summed E-state index contributed by atoms with van der Waals surface area (Å²) in [5.41, 5.74) is 12.0. The van der Waals surface area contributed by atoms with Crippen LogP contribution in [0.3, 0.4) is 0 Å². The Bertz CT molecular complexity index is 819. The highest BCUT2D eigenvalue weighted by Gasteiger charge is 2.27. The summed E-state index contributed by atoms with van der Waals surface area (Å²) in [4.78, 5) is 51.3. The van der Waals surface area contributed by atoms with E-state index in [9.17, 15) is 19.2 Å². The van der Waals surface area contributed by atoms with E-state index in [1.165, 1.54) is 16.2 Å². The van der Waals surface area contributed by atoms with Crippen molar-refractivity contribution >= 4 is 46.6 Å². The van der Waals surface area contributed by atoms with E-state index in [-0.39, 0.29) is 5.02 Å². The second-order valence-corrected chi connectivity index (χ2v) is 9.67. The fraction of sp³-hybridized carbons (Fsp3) is 0.630. The Kier molecular flexibility index (Phi) is 14.8. The molecule has 0 aromatic heterocycles. The Morgan fingerprint density at radius 3 is 1.47 bits per heavy atom. The molecule has 1 aromatic carbocycles. The minimum atomic E-state index is -1.06. The zero-order valence-corrected chi connectivity index (χ0v) is 22.9. The van der Waals surface area contributed by atoms with Gasteiger partial charge in [0, 0.05) is 18.8 Å². The number of carbonyl (C=O) groups is 4. The van der Waals surface area contributed by atoms with Gasteiger partial charge in [0.2, 0.25) is 0 Å². The fourth-order valence-electron chi connectivity index (χ4n) is 4.18. The van der Waals surface area contributed by atoms with Crippen molar-refractivity contribution in [2.75, 3.05) is 22.9 Å².